The molecule has 0 spiro atoms. The van der Waals surface area contributed by atoms with E-state index in [0.717, 1.165) is 0 Å². The lowest BCUT2D eigenvalue weighted by atomic mass is 10.0. The molecular formula is C22H14BrFN2O3. The van der Waals surface area contributed by atoms with Gasteiger partial charge >= 0.3 is 0 Å². The predicted molar refractivity (Wildman–Crippen MR) is 111 cm³/mol. The van der Waals surface area contributed by atoms with Gasteiger partial charge in [0.15, 0.2) is 0 Å². The SMILES string of the molecule is N#C/C(=C/c1ccc(OCc2ccccc2F)c(Br)c1)c1cccc([N+](=O)[O-])c1. The third kappa shape index (κ3) is 5.06. The van der Waals surface area contributed by atoms with E-state index in [-0.39, 0.29) is 18.1 Å². The van der Waals surface area contributed by atoms with Gasteiger partial charge < -0.3 is 4.74 Å². The predicted octanol–water partition coefficient (Wildman–Crippen LogP) is 6.14. The number of ether oxygens (including phenoxy) is 1. The molecule has 0 aliphatic rings. The first-order chi connectivity index (χ1) is 14.0. The number of hydrogen-bond acceptors (Lipinski definition) is 4. The van der Waals surface area contributed by atoms with Crippen molar-refractivity contribution < 1.29 is 14.1 Å². The Hall–Kier alpha value is -3.50. The standard InChI is InChI=1S/C22H14BrFN2O3/c23-20-11-15(8-9-22(20)29-14-17-4-1-2-7-21(17)24)10-18(13-25)16-5-3-6-19(12-16)26(27)28/h1-12H,14H2/b18-10-. The molecule has 29 heavy (non-hydrogen) atoms. The van der Waals surface area contributed by atoms with Gasteiger partial charge in [0.1, 0.15) is 18.2 Å². The van der Waals surface area contributed by atoms with Crippen molar-refractivity contribution in [1.29, 1.82) is 5.26 Å². The van der Waals surface area contributed by atoms with Gasteiger partial charge in [-0.3, -0.25) is 10.1 Å². The van der Waals surface area contributed by atoms with E-state index in [1.165, 1.54) is 24.3 Å². The normalized spacial score (nSPS) is 11.0. The van der Waals surface area contributed by atoms with Crippen molar-refractivity contribution in [2.24, 2.45) is 0 Å². The van der Waals surface area contributed by atoms with Crippen molar-refractivity contribution in [3.05, 3.63) is 104 Å². The molecule has 0 saturated carbocycles. The smallest absolute Gasteiger partial charge is 0.270 e. The Bertz CT molecular complexity index is 1140. The molecule has 3 rings (SSSR count). The van der Waals surface area contributed by atoms with Gasteiger partial charge in [0.25, 0.3) is 5.69 Å². The number of halogens is 2. The number of nitriles is 1. The summed E-state index contributed by atoms with van der Waals surface area (Å²) in [5.41, 5.74) is 1.82. The molecule has 0 aliphatic carbocycles. The summed E-state index contributed by atoms with van der Waals surface area (Å²) >= 11 is 3.42. The number of allylic oxidation sites excluding steroid dienone is 1. The van der Waals surface area contributed by atoms with Crippen LogP contribution in [0, 0.1) is 27.3 Å². The molecular weight excluding hydrogens is 439 g/mol. The molecule has 0 amide bonds. The number of non-ortho nitro benzene ring substituents is 1. The van der Waals surface area contributed by atoms with Gasteiger partial charge in [-0.1, -0.05) is 36.4 Å². The van der Waals surface area contributed by atoms with Gasteiger partial charge in [0.05, 0.1) is 21.0 Å². The number of nitro benzene ring substituents is 1. The Labute approximate surface area is 175 Å². The van der Waals surface area contributed by atoms with E-state index in [1.807, 2.05) is 0 Å². The molecule has 0 radical (unpaired) electrons. The van der Waals surface area contributed by atoms with E-state index in [2.05, 4.69) is 22.0 Å². The van der Waals surface area contributed by atoms with Crippen LogP contribution in [0.5, 0.6) is 5.75 Å². The summed E-state index contributed by atoms with van der Waals surface area (Å²) in [6.45, 7) is 0.0809. The Morgan fingerprint density at radius 2 is 1.97 bits per heavy atom. The van der Waals surface area contributed by atoms with Crippen LogP contribution in [0.15, 0.2) is 71.2 Å². The second-order valence-electron chi connectivity index (χ2n) is 6.05. The van der Waals surface area contributed by atoms with Crippen molar-refractivity contribution in [2.75, 3.05) is 0 Å². The quantitative estimate of drug-likeness (QED) is 0.195. The van der Waals surface area contributed by atoms with Crippen molar-refractivity contribution in [3.63, 3.8) is 0 Å². The fourth-order valence-corrected chi connectivity index (χ4v) is 3.14. The van der Waals surface area contributed by atoms with Crippen LogP contribution < -0.4 is 4.74 Å². The van der Waals surface area contributed by atoms with Gasteiger partial charge in [-0.15, -0.1) is 0 Å². The van der Waals surface area contributed by atoms with Crippen LogP contribution in [-0.4, -0.2) is 4.92 Å². The van der Waals surface area contributed by atoms with Crippen LogP contribution in [0.1, 0.15) is 16.7 Å². The van der Waals surface area contributed by atoms with Gasteiger partial charge in [0.2, 0.25) is 0 Å². The first kappa shape index (κ1) is 20.2. The molecule has 0 saturated heterocycles. The number of rotatable bonds is 6. The Balaban J connectivity index is 1.81. The van der Waals surface area contributed by atoms with Crippen LogP contribution in [0.4, 0.5) is 10.1 Å². The first-order valence-corrected chi connectivity index (χ1v) is 9.29. The number of nitrogens with zero attached hydrogens (tertiary/aromatic N) is 2. The van der Waals surface area contributed by atoms with E-state index in [4.69, 9.17) is 4.74 Å². The molecule has 0 N–H and O–H groups in total. The fourth-order valence-electron chi connectivity index (χ4n) is 2.63. The molecule has 0 atom stereocenters. The van der Waals surface area contributed by atoms with Crippen molar-refractivity contribution in [2.45, 2.75) is 6.61 Å². The minimum atomic E-state index is -0.503. The second-order valence-corrected chi connectivity index (χ2v) is 6.90. The van der Waals surface area contributed by atoms with Gasteiger partial charge in [0, 0.05) is 17.7 Å². The minimum Gasteiger partial charge on any atom is -0.488 e. The average Bonchev–Trinajstić information content (AvgIpc) is 2.72. The largest absolute Gasteiger partial charge is 0.488 e. The van der Waals surface area contributed by atoms with Crippen molar-refractivity contribution >= 4 is 33.3 Å². The maximum absolute atomic E-state index is 13.7. The molecule has 0 unspecified atom stereocenters. The van der Waals surface area contributed by atoms with Crippen molar-refractivity contribution in [1.82, 2.24) is 0 Å². The van der Waals surface area contributed by atoms with Gasteiger partial charge in [-0.05, 0) is 51.3 Å². The third-order valence-corrected chi connectivity index (χ3v) is 4.72. The van der Waals surface area contributed by atoms with Crippen molar-refractivity contribution in [3.8, 4) is 11.8 Å². The van der Waals surface area contributed by atoms with Crippen LogP contribution >= 0.6 is 15.9 Å². The zero-order valence-corrected chi connectivity index (χ0v) is 16.6. The molecule has 3 aromatic carbocycles. The van der Waals surface area contributed by atoms with Crippen LogP contribution in [0.3, 0.4) is 0 Å². The molecule has 7 heteroatoms. The molecule has 5 nitrogen and oxygen atoms in total. The molecule has 0 bridgehead atoms. The highest BCUT2D eigenvalue weighted by atomic mass is 79.9. The molecule has 0 aromatic heterocycles. The minimum absolute atomic E-state index is 0.0809. The monoisotopic (exact) mass is 452 g/mol. The highest BCUT2D eigenvalue weighted by molar-refractivity contribution is 9.10. The second kappa shape index (κ2) is 9.13. The van der Waals surface area contributed by atoms with E-state index in [9.17, 15) is 19.8 Å². The van der Waals surface area contributed by atoms with Crippen LogP contribution in [-0.2, 0) is 6.61 Å². The number of nitro groups is 1. The van der Waals surface area contributed by atoms with Gasteiger partial charge in [-0.2, -0.15) is 5.26 Å². The summed E-state index contributed by atoms with van der Waals surface area (Å²) in [4.78, 5) is 10.4. The molecule has 0 aliphatic heterocycles. The maximum Gasteiger partial charge on any atom is 0.270 e. The molecule has 0 heterocycles. The zero-order chi connectivity index (χ0) is 20.8. The maximum atomic E-state index is 13.7. The lowest BCUT2D eigenvalue weighted by Gasteiger charge is -2.10. The fraction of sp³-hybridized carbons (Fsp3) is 0.0455. The third-order valence-electron chi connectivity index (χ3n) is 4.10. The number of hydrogen-bond donors (Lipinski definition) is 0. The summed E-state index contributed by atoms with van der Waals surface area (Å²) in [6, 6.07) is 19.6. The zero-order valence-electron chi connectivity index (χ0n) is 15.0. The average molecular weight is 453 g/mol. The Morgan fingerprint density at radius 3 is 2.66 bits per heavy atom. The molecule has 3 aromatic rings. The Morgan fingerprint density at radius 1 is 1.17 bits per heavy atom. The number of benzene rings is 3. The lowest BCUT2D eigenvalue weighted by Crippen LogP contribution is -1.98. The summed E-state index contributed by atoms with van der Waals surface area (Å²) < 4.78 is 20.0. The van der Waals surface area contributed by atoms with E-state index >= 15 is 0 Å². The molecule has 144 valence electrons. The summed E-state index contributed by atoms with van der Waals surface area (Å²) in [6.07, 6.45) is 1.63. The highest BCUT2D eigenvalue weighted by Gasteiger charge is 2.10. The summed E-state index contributed by atoms with van der Waals surface area (Å²) in [5, 5.41) is 20.4. The lowest BCUT2D eigenvalue weighted by molar-refractivity contribution is -0.384. The van der Waals surface area contributed by atoms with E-state index in [1.54, 1.807) is 48.5 Å². The molecule has 0 fully saturated rings. The Kier molecular flexibility index (Phi) is 6.37. The van der Waals surface area contributed by atoms with E-state index in [0.29, 0.717) is 32.5 Å². The topological polar surface area (TPSA) is 76.2 Å². The summed E-state index contributed by atoms with van der Waals surface area (Å²) in [7, 11) is 0. The first-order valence-electron chi connectivity index (χ1n) is 8.50. The van der Waals surface area contributed by atoms with Crippen LogP contribution in [0.2, 0.25) is 0 Å². The summed E-state index contributed by atoms with van der Waals surface area (Å²) in [5.74, 6) is 0.193. The van der Waals surface area contributed by atoms with E-state index < -0.39 is 4.92 Å². The van der Waals surface area contributed by atoms with Crippen LogP contribution in [0.25, 0.3) is 11.6 Å². The van der Waals surface area contributed by atoms with Gasteiger partial charge in [-0.25, -0.2) is 4.39 Å². The highest BCUT2D eigenvalue weighted by Crippen LogP contribution is 2.29.